The van der Waals surface area contributed by atoms with Crippen molar-refractivity contribution < 1.29 is 0 Å². The second-order valence-corrected chi connectivity index (χ2v) is 7.02. The molecule has 0 bridgehead atoms. The summed E-state index contributed by atoms with van der Waals surface area (Å²) in [5.41, 5.74) is 8.75. The van der Waals surface area contributed by atoms with Crippen molar-refractivity contribution in [2.24, 2.45) is 17.6 Å². The van der Waals surface area contributed by atoms with Gasteiger partial charge in [0.05, 0.1) is 0 Å². The van der Waals surface area contributed by atoms with Crippen LogP contribution in [0.1, 0.15) is 36.4 Å². The molecule has 104 valence electrons. The van der Waals surface area contributed by atoms with Gasteiger partial charge in [-0.1, -0.05) is 34.5 Å². The van der Waals surface area contributed by atoms with Crippen molar-refractivity contribution in [3.05, 3.63) is 33.8 Å². The van der Waals surface area contributed by atoms with E-state index in [-0.39, 0.29) is 0 Å². The van der Waals surface area contributed by atoms with Crippen LogP contribution in [0.15, 0.2) is 22.7 Å². The summed E-state index contributed by atoms with van der Waals surface area (Å²) in [5, 5.41) is 0. The maximum absolute atomic E-state index is 6.07. The molecule has 1 aromatic rings. The average Bonchev–Trinajstić information content (AvgIpc) is 2.95. The van der Waals surface area contributed by atoms with Crippen LogP contribution in [-0.4, -0.2) is 24.5 Å². The average molecular weight is 323 g/mol. The lowest BCUT2D eigenvalue weighted by atomic mass is 10.0. The van der Waals surface area contributed by atoms with Crippen LogP contribution in [0, 0.1) is 18.8 Å². The fourth-order valence-corrected chi connectivity index (χ4v) is 4.14. The van der Waals surface area contributed by atoms with Crippen LogP contribution < -0.4 is 5.73 Å². The van der Waals surface area contributed by atoms with E-state index in [0.29, 0.717) is 6.04 Å². The van der Waals surface area contributed by atoms with E-state index in [1.165, 1.54) is 48.0 Å². The number of hydrogen-bond acceptors (Lipinski definition) is 2. The molecule has 3 rings (SSSR count). The highest BCUT2D eigenvalue weighted by Gasteiger charge is 2.38. The molecule has 1 saturated carbocycles. The molecule has 2 fully saturated rings. The van der Waals surface area contributed by atoms with Gasteiger partial charge in [0.2, 0.25) is 0 Å². The summed E-state index contributed by atoms with van der Waals surface area (Å²) in [6.07, 6.45) is 4.30. The Labute approximate surface area is 124 Å². The van der Waals surface area contributed by atoms with Crippen molar-refractivity contribution in [3.8, 4) is 0 Å². The van der Waals surface area contributed by atoms with Crippen LogP contribution in [0.3, 0.4) is 0 Å². The van der Waals surface area contributed by atoms with Gasteiger partial charge in [0, 0.05) is 30.1 Å². The predicted molar refractivity (Wildman–Crippen MR) is 83.1 cm³/mol. The topological polar surface area (TPSA) is 29.3 Å². The minimum atomic E-state index is 0.400. The van der Waals surface area contributed by atoms with Crippen molar-refractivity contribution in [2.45, 2.75) is 32.2 Å². The number of halogens is 1. The van der Waals surface area contributed by atoms with Crippen molar-refractivity contribution >= 4 is 15.9 Å². The fourth-order valence-electron chi connectivity index (χ4n) is 3.90. The highest BCUT2D eigenvalue weighted by molar-refractivity contribution is 9.10. The molecule has 1 aromatic carbocycles. The Morgan fingerprint density at radius 1 is 1.32 bits per heavy atom. The third-order valence-electron chi connectivity index (χ3n) is 4.99. The van der Waals surface area contributed by atoms with Gasteiger partial charge in [0.25, 0.3) is 0 Å². The van der Waals surface area contributed by atoms with Gasteiger partial charge >= 0.3 is 0 Å². The Morgan fingerprint density at radius 2 is 2.00 bits per heavy atom. The lowest BCUT2D eigenvalue weighted by Crippen LogP contribution is -2.32. The van der Waals surface area contributed by atoms with E-state index < -0.39 is 0 Å². The van der Waals surface area contributed by atoms with Gasteiger partial charge in [-0.05, 0) is 48.8 Å². The number of likely N-dealkylation sites (tertiary alicyclic amines) is 1. The first-order valence-corrected chi connectivity index (χ1v) is 8.18. The summed E-state index contributed by atoms with van der Waals surface area (Å²) in [6, 6.07) is 7.07. The first-order valence-electron chi connectivity index (χ1n) is 7.39. The third-order valence-corrected chi connectivity index (χ3v) is 5.88. The Balaban J connectivity index is 1.79. The largest absolute Gasteiger partial charge is 0.329 e. The minimum absolute atomic E-state index is 0.400. The molecule has 2 N–H and O–H groups in total. The van der Waals surface area contributed by atoms with Gasteiger partial charge in [-0.25, -0.2) is 0 Å². The third kappa shape index (κ3) is 2.61. The molecule has 1 aliphatic heterocycles. The van der Waals surface area contributed by atoms with Crippen molar-refractivity contribution in [3.63, 3.8) is 0 Å². The van der Waals surface area contributed by atoms with E-state index in [9.17, 15) is 0 Å². The van der Waals surface area contributed by atoms with Crippen molar-refractivity contribution in [2.75, 3.05) is 19.6 Å². The van der Waals surface area contributed by atoms with Crippen LogP contribution in [0.5, 0.6) is 0 Å². The van der Waals surface area contributed by atoms with Crippen molar-refractivity contribution in [1.29, 1.82) is 0 Å². The maximum atomic E-state index is 6.07. The number of rotatable bonds is 3. The van der Waals surface area contributed by atoms with Gasteiger partial charge in [0.15, 0.2) is 0 Å². The summed E-state index contributed by atoms with van der Waals surface area (Å²) in [4.78, 5) is 2.62. The number of hydrogen-bond donors (Lipinski definition) is 1. The monoisotopic (exact) mass is 322 g/mol. The predicted octanol–water partition coefficient (Wildman–Crippen LogP) is 3.49. The van der Waals surface area contributed by atoms with Crippen LogP contribution >= 0.6 is 15.9 Å². The molecule has 19 heavy (non-hydrogen) atoms. The number of nitrogens with two attached hydrogens (primary N) is 1. The van der Waals surface area contributed by atoms with Crippen molar-refractivity contribution in [1.82, 2.24) is 4.90 Å². The smallest absolute Gasteiger partial charge is 0.0470 e. The van der Waals surface area contributed by atoms with E-state index >= 15 is 0 Å². The second kappa shape index (κ2) is 5.55. The first kappa shape index (κ1) is 13.6. The molecule has 0 aromatic heterocycles. The van der Waals surface area contributed by atoms with Gasteiger partial charge in [-0.2, -0.15) is 0 Å². The molecule has 3 unspecified atom stereocenters. The quantitative estimate of drug-likeness (QED) is 0.923. The Kier molecular flexibility index (Phi) is 3.97. The second-order valence-electron chi connectivity index (χ2n) is 6.17. The molecule has 0 radical (unpaired) electrons. The van der Waals surface area contributed by atoms with Crippen LogP contribution in [0.2, 0.25) is 0 Å². The Morgan fingerprint density at radius 3 is 2.58 bits per heavy atom. The Hall–Kier alpha value is -0.380. The highest BCUT2D eigenvalue weighted by atomic mass is 79.9. The van der Waals surface area contributed by atoms with E-state index in [1.807, 2.05) is 0 Å². The van der Waals surface area contributed by atoms with Gasteiger partial charge in [-0.3, -0.25) is 4.90 Å². The van der Waals surface area contributed by atoms with E-state index in [2.05, 4.69) is 46.0 Å². The summed E-state index contributed by atoms with van der Waals surface area (Å²) in [7, 11) is 0. The lowest BCUT2D eigenvalue weighted by Gasteiger charge is -2.28. The maximum Gasteiger partial charge on any atom is 0.0470 e. The van der Waals surface area contributed by atoms with Gasteiger partial charge in [-0.15, -0.1) is 0 Å². The van der Waals surface area contributed by atoms with Crippen LogP contribution in [0.4, 0.5) is 0 Å². The zero-order valence-electron chi connectivity index (χ0n) is 11.6. The molecule has 0 amide bonds. The molecular weight excluding hydrogens is 300 g/mol. The summed E-state index contributed by atoms with van der Waals surface area (Å²) in [5.74, 6) is 1.87. The number of fused-ring (bicyclic) bond motifs is 1. The standard InChI is InChI=1S/C16H23BrN2/c1-11-7-12(5-6-15(11)17)16(8-18)19-9-13-3-2-4-14(13)10-19/h5-7,13-14,16H,2-4,8-10,18H2,1H3. The summed E-state index contributed by atoms with van der Waals surface area (Å²) >= 11 is 3.58. The Bertz CT molecular complexity index is 448. The fraction of sp³-hybridized carbons (Fsp3) is 0.625. The molecule has 3 heteroatoms. The van der Waals surface area contributed by atoms with Gasteiger partial charge < -0.3 is 5.73 Å². The lowest BCUT2D eigenvalue weighted by molar-refractivity contribution is 0.232. The first-order chi connectivity index (χ1) is 9.19. The number of aryl methyl sites for hydroxylation is 1. The number of nitrogens with zero attached hydrogens (tertiary/aromatic N) is 1. The summed E-state index contributed by atoms with van der Waals surface area (Å²) < 4.78 is 1.19. The summed E-state index contributed by atoms with van der Waals surface area (Å²) in [6.45, 7) is 5.38. The van der Waals surface area contributed by atoms with Crippen LogP contribution in [0.25, 0.3) is 0 Å². The van der Waals surface area contributed by atoms with E-state index in [1.54, 1.807) is 0 Å². The number of benzene rings is 1. The van der Waals surface area contributed by atoms with E-state index in [4.69, 9.17) is 5.73 Å². The molecule has 2 nitrogen and oxygen atoms in total. The minimum Gasteiger partial charge on any atom is -0.329 e. The zero-order valence-corrected chi connectivity index (χ0v) is 13.2. The highest BCUT2D eigenvalue weighted by Crippen LogP contribution is 2.40. The molecule has 1 saturated heterocycles. The molecular formula is C16H23BrN2. The SMILES string of the molecule is Cc1cc(C(CN)N2CC3CCCC3C2)ccc1Br. The molecule has 1 heterocycles. The molecule has 1 aliphatic carbocycles. The van der Waals surface area contributed by atoms with Gasteiger partial charge in [0.1, 0.15) is 0 Å². The molecule has 3 atom stereocenters. The zero-order chi connectivity index (χ0) is 13.4. The van der Waals surface area contributed by atoms with Crippen LogP contribution in [-0.2, 0) is 0 Å². The molecule has 0 spiro atoms. The molecule has 2 aliphatic rings. The normalized spacial score (nSPS) is 28.6. The van der Waals surface area contributed by atoms with E-state index in [0.717, 1.165) is 18.4 Å².